The molecule has 1 saturated heterocycles. The van der Waals surface area contributed by atoms with Gasteiger partial charge in [0.1, 0.15) is 11.6 Å². The SMILES string of the molecule is CCc1nc(C2CCOCC2)nc(NC)c1I. The van der Waals surface area contributed by atoms with Crippen LogP contribution in [0.1, 0.15) is 37.2 Å². The standard InChI is InChI=1S/C12H18IN3O/c1-3-9-10(13)12(14-2)16-11(15-9)8-4-6-17-7-5-8/h8H,3-7H2,1-2H3,(H,14,15,16). The van der Waals surface area contributed by atoms with Crippen molar-refractivity contribution in [1.29, 1.82) is 0 Å². The van der Waals surface area contributed by atoms with Crippen LogP contribution >= 0.6 is 22.6 Å². The molecule has 1 aliphatic rings. The van der Waals surface area contributed by atoms with E-state index in [9.17, 15) is 0 Å². The third kappa shape index (κ3) is 2.88. The third-order valence-corrected chi connectivity index (χ3v) is 4.23. The summed E-state index contributed by atoms with van der Waals surface area (Å²) in [7, 11) is 1.91. The van der Waals surface area contributed by atoms with Crippen LogP contribution in [0.4, 0.5) is 5.82 Å². The van der Waals surface area contributed by atoms with E-state index in [-0.39, 0.29) is 0 Å². The fraction of sp³-hybridized carbons (Fsp3) is 0.667. The molecule has 2 heterocycles. The molecule has 0 unspecified atom stereocenters. The van der Waals surface area contributed by atoms with Crippen molar-refractivity contribution in [2.24, 2.45) is 0 Å². The second kappa shape index (κ2) is 5.95. The molecular formula is C12H18IN3O. The summed E-state index contributed by atoms with van der Waals surface area (Å²) in [5, 5.41) is 3.16. The largest absolute Gasteiger partial charge is 0.381 e. The Kier molecular flexibility index (Phi) is 4.55. The molecule has 17 heavy (non-hydrogen) atoms. The van der Waals surface area contributed by atoms with Crippen molar-refractivity contribution in [2.45, 2.75) is 32.1 Å². The minimum atomic E-state index is 0.457. The van der Waals surface area contributed by atoms with Gasteiger partial charge in [0, 0.05) is 26.2 Å². The lowest BCUT2D eigenvalue weighted by molar-refractivity contribution is 0.0835. The van der Waals surface area contributed by atoms with Gasteiger partial charge in [0.2, 0.25) is 0 Å². The fourth-order valence-corrected chi connectivity index (χ4v) is 2.94. The summed E-state index contributed by atoms with van der Waals surface area (Å²) in [5.74, 6) is 2.40. The monoisotopic (exact) mass is 347 g/mol. The van der Waals surface area contributed by atoms with E-state index in [1.807, 2.05) is 7.05 Å². The van der Waals surface area contributed by atoms with Gasteiger partial charge in [0.15, 0.2) is 0 Å². The lowest BCUT2D eigenvalue weighted by Crippen LogP contribution is -2.18. The van der Waals surface area contributed by atoms with Crippen LogP contribution in [0, 0.1) is 3.57 Å². The number of rotatable bonds is 3. The number of halogens is 1. The van der Waals surface area contributed by atoms with Crippen molar-refractivity contribution >= 4 is 28.4 Å². The highest BCUT2D eigenvalue weighted by Gasteiger charge is 2.21. The Morgan fingerprint density at radius 2 is 2.06 bits per heavy atom. The Labute approximate surface area is 116 Å². The number of nitrogens with one attached hydrogen (secondary N) is 1. The van der Waals surface area contributed by atoms with Crippen LogP contribution in [0.3, 0.4) is 0 Å². The molecule has 1 aromatic rings. The summed E-state index contributed by atoms with van der Waals surface area (Å²) >= 11 is 2.32. The van der Waals surface area contributed by atoms with Crippen LogP contribution < -0.4 is 5.32 Å². The maximum absolute atomic E-state index is 5.39. The van der Waals surface area contributed by atoms with Gasteiger partial charge < -0.3 is 10.1 Å². The topological polar surface area (TPSA) is 47.0 Å². The van der Waals surface area contributed by atoms with Crippen LogP contribution in [0.5, 0.6) is 0 Å². The molecule has 1 aromatic heterocycles. The van der Waals surface area contributed by atoms with Gasteiger partial charge in [-0.2, -0.15) is 0 Å². The van der Waals surface area contributed by atoms with E-state index in [4.69, 9.17) is 9.72 Å². The number of nitrogens with zero attached hydrogens (tertiary/aromatic N) is 2. The van der Waals surface area contributed by atoms with Crippen molar-refractivity contribution in [3.8, 4) is 0 Å². The Morgan fingerprint density at radius 1 is 1.35 bits per heavy atom. The third-order valence-electron chi connectivity index (χ3n) is 3.10. The van der Waals surface area contributed by atoms with E-state index < -0.39 is 0 Å². The molecule has 4 nitrogen and oxygen atoms in total. The van der Waals surface area contributed by atoms with E-state index in [2.05, 4.69) is 39.8 Å². The second-order valence-electron chi connectivity index (χ2n) is 4.18. The first-order chi connectivity index (χ1) is 8.26. The van der Waals surface area contributed by atoms with E-state index in [0.29, 0.717) is 5.92 Å². The van der Waals surface area contributed by atoms with Gasteiger partial charge >= 0.3 is 0 Å². The predicted molar refractivity (Wildman–Crippen MR) is 76.5 cm³/mol. The molecule has 1 N–H and O–H groups in total. The predicted octanol–water partition coefficient (Wildman–Crippen LogP) is 2.58. The molecule has 1 aliphatic heterocycles. The lowest BCUT2D eigenvalue weighted by Gasteiger charge is -2.22. The first-order valence-corrected chi connectivity index (χ1v) is 7.16. The number of hydrogen-bond donors (Lipinski definition) is 1. The van der Waals surface area contributed by atoms with Crippen LogP contribution in [0.2, 0.25) is 0 Å². The van der Waals surface area contributed by atoms with Crippen LogP contribution in [-0.4, -0.2) is 30.2 Å². The van der Waals surface area contributed by atoms with Crippen molar-refractivity contribution in [1.82, 2.24) is 9.97 Å². The minimum absolute atomic E-state index is 0.457. The Hall–Kier alpha value is -0.430. The molecule has 1 fully saturated rings. The number of anilines is 1. The van der Waals surface area contributed by atoms with E-state index >= 15 is 0 Å². The molecule has 0 bridgehead atoms. The molecule has 0 atom stereocenters. The van der Waals surface area contributed by atoms with Gasteiger partial charge in [-0.05, 0) is 41.9 Å². The Morgan fingerprint density at radius 3 is 2.65 bits per heavy atom. The number of aromatic nitrogens is 2. The maximum Gasteiger partial charge on any atom is 0.143 e. The zero-order valence-corrected chi connectivity index (χ0v) is 12.5. The molecule has 5 heteroatoms. The van der Waals surface area contributed by atoms with Crippen LogP contribution in [0.25, 0.3) is 0 Å². The Bertz CT molecular complexity index is 366. The lowest BCUT2D eigenvalue weighted by atomic mass is 9.99. The molecule has 0 spiro atoms. The summed E-state index contributed by atoms with van der Waals surface area (Å²) in [6.07, 6.45) is 3.02. The number of aryl methyl sites for hydroxylation is 1. The average Bonchev–Trinajstić information content (AvgIpc) is 2.40. The molecule has 0 aliphatic carbocycles. The normalized spacial score (nSPS) is 17.1. The maximum atomic E-state index is 5.39. The highest BCUT2D eigenvalue weighted by Crippen LogP contribution is 2.27. The summed E-state index contributed by atoms with van der Waals surface area (Å²) < 4.78 is 6.53. The van der Waals surface area contributed by atoms with Crippen molar-refractivity contribution in [3.63, 3.8) is 0 Å². The van der Waals surface area contributed by atoms with Crippen molar-refractivity contribution < 1.29 is 4.74 Å². The molecule has 2 rings (SSSR count). The molecular weight excluding hydrogens is 329 g/mol. The second-order valence-corrected chi connectivity index (χ2v) is 5.26. The van der Waals surface area contributed by atoms with Crippen molar-refractivity contribution in [2.75, 3.05) is 25.6 Å². The van der Waals surface area contributed by atoms with Gasteiger partial charge in [-0.15, -0.1) is 0 Å². The highest BCUT2D eigenvalue weighted by atomic mass is 127. The Balaban J connectivity index is 2.33. The molecule has 0 aromatic carbocycles. The first-order valence-electron chi connectivity index (χ1n) is 6.08. The smallest absolute Gasteiger partial charge is 0.143 e. The minimum Gasteiger partial charge on any atom is -0.381 e. The fourth-order valence-electron chi connectivity index (χ4n) is 2.05. The van der Waals surface area contributed by atoms with E-state index in [0.717, 1.165) is 53.4 Å². The highest BCUT2D eigenvalue weighted by molar-refractivity contribution is 14.1. The van der Waals surface area contributed by atoms with Crippen LogP contribution in [0.15, 0.2) is 0 Å². The van der Waals surface area contributed by atoms with Crippen LogP contribution in [-0.2, 0) is 11.2 Å². The zero-order chi connectivity index (χ0) is 12.3. The van der Waals surface area contributed by atoms with Gasteiger partial charge in [-0.1, -0.05) is 6.92 Å². The first kappa shape index (κ1) is 13.0. The van der Waals surface area contributed by atoms with Crippen molar-refractivity contribution in [3.05, 3.63) is 15.1 Å². The molecule has 94 valence electrons. The van der Waals surface area contributed by atoms with Gasteiger partial charge in [-0.25, -0.2) is 9.97 Å². The van der Waals surface area contributed by atoms with Gasteiger partial charge in [-0.3, -0.25) is 0 Å². The summed E-state index contributed by atoms with van der Waals surface area (Å²) in [6, 6.07) is 0. The number of ether oxygens (including phenoxy) is 1. The summed E-state index contributed by atoms with van der Waals surface area (Å²) in [5.41, 5.74) is 1.14. The summed E-state index contributed by atoms with van der Waals surface area (Å²) in [6.45, 7) is 3.80. The molecule has 0 radical (unpaired) electrons. The average molecular weight is 347 g/mol. The molecule has 0 saturated carbocycles. The zero-order valence-electron chi connectivity index (χ0n) is 10.3. The van der Waals surface area contributed by atoms with E-state index in [1.165, 1.54) is 0 Å². The van der Waals surface area contributed by atoms with E-state index in [1.54, 1.807) is 0 Å². The summed E-state index contributed by atoms with van der Waals surface area (Å²) in [4.78, 5) is 9.35. The molecule has 0 amide bonds. The number of hydrogen-bond acceptors (Lipinski definition) is 4. The quantitative estimate of drug-likeness (QED) is 0.854. The van der Waals surface area contributed by atoms with Gasteiger partial charge in [0.25, 0.3) is 0 Å². The van der Waals surface area contributed by atoms with Gasteiger partial charge in [0.05, 0.1) is 9.26 Å².